The summed E-state index contributed by atoms with van der Waals surface area (Å²) in [4.78, 5) is 0. The molecule has 0 aromatic heterocycles. The molecule has 3 rings (SSSR count). The van der Waals surface area contributed by atoms with Gasteiger partial charge in [0, 0.05) is 0 Å². The Labute approximate surface area is 128 Å². The molecule has 0 unspecified atom stereocenters. The molecule has 0 aliphatic heterocycles. The molecule has 1 aromatic carbocycles. The lowest BCUT2D eigenvalue weighted by Gasteiger charge is -2.22. The van der Waals surface area contributed by atoms with Crippen molar-refractivity contribution in [3.63, 3.8) is 0 Å². The molecule has 0 saturated carbocycles. The smallest absolute Gasteiger partial charge is 0.0106 e. The van der Waals surface area contributed by atoms with Crippen LogP contribution in [0.15, 0.2) is 24.8 Å². The highest BCUT2D eigenvalue weighted by Gasteiger charge is 2.17. The van der Waals surface area contributed by atoms with Gasteiger partial charge in [-0.15, -0.1) is 0 Å². The van der Waals surface area contributed by atoms with Crippen LogP contribution in [-0.2, 0) is 12.8 Å². The van der Waals surface area contributed by atoms with E-state index >= 15 is 0 Å². The van der Waals surface area contributed by atoms with Crippen molar-refractivity contribution < 1.29 is 0 Å². The molecule has 0 nitrogen and oxygen atoms in total. The van der Waals surface area contributed by atoms with Gasteiger partial charge >= 0.3 is 0 Å². The number of hydrogen-bond acceptors (Lipinski definition) is 0. The fourth-order valence-electron chi connectivity index (χ4n) is 3.36. The van der Waals surface area contributed by atoms with Gasteiger partial charge in [0.05, 0.1) is 0 Å². The van der Waals surface area contributed by atoms with E-state index in [4.69, 9.17) is 0 Å². The predicted octanol–water partition coefficient (Wildman–Crippen LogP) is 4.40. The number of benzene rings is 1. The summed E-state index contributed by atoms with van der Waals surface area (Å²) in [6, 6.07) is 0. The van der Waals surface area contributed by atoms with E-state index in [9.17, 15) is 0 Å². The van der Waals surface area contributed by atoms with Crippen LogP contribution < -0.4 is 10.4 Å². The van der Waals surface area contributed by atoms with E-state index in [-0.39, 0.29) is 0 Å². The Kier molecular flexibility index (Phi) is 5.38. The van der Waals surface area contributed by atoms with E-state index in [2.05, 4.69) is 50.0 Å². The first-order valence-corrected chi connectivity index (χ1v) is 8.16. The van der Waals surface area contributed by atoms with Crippen molar-refractivity contribution in [2.45, 2.75) is 46.5 Å². The molecular weight excluding hydrogens is 252 g/mol. The fourth-order valence-corrected chi connectivity index (χ4v) is 3.36. The van der Waals surface area contributed by atoms with Crippen LogP contribution >= 0.6 is 0 Å². The monoisotopic (exact) mass is 278 g/mol. The quantitative estimate of drug-likeness (QED) is 0.714. The molecule has 21 heavy (non-hydrogen) atoms. The molecule has 110 valence electrons. The van der Waals surface area contributed by atoms with E-state index in [0.717, 1.165) is 0 Å². The number of hydrogen-bond donors (Lipinski definition) is 0. The van der Waals surface area contributed by atoms with E-state index in [0.29, 0.717) is 0 Å². The Morgan fingerprint density at radius 3 is 1.90 bits per heavy atom. The fraction of sp³-hybridized carbons (Fsp3) is 0.333. The number of fused-ring (bicyclic) bond motifs is 3. The maximum atomic E-state index is 3.88. The first kappa shape index (κ1) is 15.6. The molecule has 0 N–H and O–H groups in total. The van der Waals surface area contributed by atoms with Crippen molar-refractivity contribution in [3.8, 4) is 0 Å². The minimum Gasteiger partial charge on any atom is -0.0990 e. The Bertz CT molecular complexity index is 697. The summed E-state index contributed by atoms with van der Waals surface area (Å²) in [5.41, 5.74) is 6.01. The molecule has 0 saturated heterocycles. The summed E-state index contributed by atoms with van der Waals surface area (Å²) in [7, 11) is 0. The van der Waals surface area contributed by atoms with Gasteiger partial charge < -0.3 is 0 Å². The third kappa shape index (κ3) is 2.81. The third-order valence-corrected chi connectivity index (χ3v) is 4.15. The molecule has 0 atom stereocenters. The van der Waals surface area contributed by atoms with Crippen LogP contribution in [0.2, 0.25) is 0 Å². The molecule has 0 amide bonds. The van der Waals surface area contributed by atoms with Gasteiger partial charge in [0.15, 0.2) is 0 Å². The molecule has 1 aromatic rings. The second-order valence-corrected chi connectivity index (χ2v) is 5.18. The Morgan fingerprint density at radius 2 is 1.43 bits per heavy atom. The largest absolute Gasteiger partial charge is 0.0990 e. The van der Waals surface area contributed by atoms with Gasteiger partial charge in [-0.2, -0.15) is 0 Å². The summed E-state index contributed by atoms with van der Waals surface area (Å²) >= 11 is 0. The van der Waals surface area contributed by atoms with Crippen LogP contribution in [0.3, 0.4) is 0 Å². The van der Waals surface area contributed by atoms with Crippen molar-refractivity contribution in [2.75, 3.05) is 0 Å². The lowest BCUT2D eigenvalue weighted by Crippen LogP contribution is -2.34. The second kappa shape index (κ2) is 7.26. The van der Waals surface area contributed by atoms with Crippen molar-refractivity contribution >= 4 is 24.3 Å². The van der Waals surface area contributed by atoms with Gasteiger partial charge in [0.2, 0.25) is 0 Å². The van der Waals surface area contributed by atoms with Crippen molar-refractivity contribution in [1.29, 1.82) is 0 Å². The number of allylic oxidation sites excluding steroid dienone is 3. The summed E-state index contributed by atoms with van der Waals surface area (Å²) in [5, 5.41) is 2.71. The zero-order valence-corrected chi connectivity index (χ0v) is 13.6. The van der Waals surface area contributed by atoms with E-state index < -0.39 is 0 Å². The van der Waals surface area contributed by atoms with E-state index in [1.54, 1.807) is 11.1 Å². The topological polar surface area (TPSA) is 0 Å². The average Bonchev–Trinajstić information content (AvgIpc) is 2.57. The van der Waals surface area contributed by atoms with Crippen LogP contribution in [0.5, 0.6) is 0 Å². The lowest BCUT2D eigenvalue weighted by molar-refractivity contribution is 0.899. The first-order chi connectivity index (χ1) is 10.4. The molecule has 0 spiro atoms. The Morgan fingerprint density at radius 1 is 0.905 bits per heavy atom. The normalized spacial score (nSPS) is 16.9. The van der Waals surface area contributed by atoms with Crippen LogP contribution in [-0.4, -0.2) is 0 Å². The molecule has 0 fully saturated rings. The minimum atomic E-state index is 1.17. The molecule has 0 radical (unpaired) electrons. The van der Waals surface area contributed by atoms with Crippen LogP contribution in [0, 0.1) is 0 Å². The average molecular weight is 278 g/mol. The van der Waals surface area contributed by atoms with E-state index in [1.807, 2.05) is 19.9 Å². The molecule has 2 aliphatic rings. The zero-order valence-electron chi connectivity index (χ0n) is 13.6. The summed E-state index contributed by atoms with van der Waals surface area (Å²) in [6.45, 7) is 10.0. The van der Waals surface area contributed by atoms with Crippen LogP contribution in [0.1, 0.15) is 55.9 Å². The summed E-state index contributed by atoms with van der Waals surface area (Å²) in [5.74, 6) is 0. The van der Waals surface area contributed by atoms with Gasteiger partial charge in [0.1, 0.15) is 0 Å². The minimum absolute atomic E-state index is 1.17. The molecule has 0 bridgehead atoms. The van der Waals surface area contributed by atoms with E-state index in [1.165, 1.54) is 47.2 Å². The van der Waals surface area contributed by atoms with Crippen LogP contribution in [0.4, 0.5) is 0 Å². The Balaban J connectivity index is 0.000000774. The Hall–Kier alpha value is -1.82. The maximum Gasteiger partial charge on any atom is -0.0106 e. The van der Waals surface area contributed by atoms with Gasteiger partial charge in [-0.1, -0.05) is 63.0 Å². The summed E-state index contributed by atoms with van der Waals surface area (Å²) in [6.07, 6.45) is 20.3. The van der Waals surface area contributed by atoms with Gasteiger partial charge in [-0.25, -0.2) is 0 Å². The molecular formula is C21H26. The highest BCUT2D eigenvalue weighted by Crippen LogP contribution is 2.26. The zero-order chi connectivity index (χ0) is 15.2. The maximum absolute atomic E-state index is 3.88. The molecule has 0 heteroatoms. The SMILES string of the molecule is C=C/C=c1/c2c(c3c(/c1=C/C)C=CCC3)CCC=C2.CC. The van der Waals surface area contributed by atoms with Gasteiger partial charge in [0.25, 0.3) is 0 Å². The number of rotatable bonds is 1. The van der Waals surface area contributed by atoms with Crippen molar-refractivity contribution in [1.82, 2.24) is 0 Å². The lowest BCUT2D eigenvalue weighted by atomic mass is 9.82. The summed E-state index contributed by atoms with van der Waals surface area (Å²) < 4.78 is 0. The molecule has 0 heterocycles. The van der Waals surface area contributed by atoms with Gasteiger partial charge in [-0.05, 0) is 65.3 Å². The highest BCUT2D eigenvalue weighted by atomic mass is 14.2. The van der Waals surface area contributed by atoms with Gasteiger partial charge in [-0.3, -0.25) is 0 Å². The van der Waals surface area contributed by atoms with Crippen molar-refractivity contribution in [3.05, 3.63) is 57.5 Å². The standard InChI is InChI=1S/C19H20.C2H6/c1-3-9-15-14(4-2)16-10-5-6-12-18(16)19-13-8-7-11-17(15)19;1-2/h3-5,7,9-11H,1,6,8,12-13H2,2H3;1-2H3/b14-4+,15-9+;. The van der Waals surface area contributed by atoms with Crippen molar-refractivity contribution in [2.24, 2.45) is 0 Å². The molecule has 2 aliphatic carbocycles. The van der Waals surface area contributed by atoms with Crippen LogP contribution in [0.25, 0.3) is 24.3 Å². The second-order valence-electron chi connectivity index (χ2n) is 5.18. The first-order valence-electron chi connectivity index (χ1n) is 8.16. The highest BCUT2D eigenvalue weighted by molar-refractivity contribution is 5.70. The predicted molar refractivity (Wildman–Crippen MR) is 96.6 cm³/mol. The third-order valence-electron chi connectivity index (χ3n) is 4.15.